The Balaban J connectivity index is 2.00. The summed E-state index contributed by atoms with van der Waals surface area (Å²) in [6.45, 7) is 0. The molecule has 124 valence electrons. The molecule has 1 amide bonds. The Morgan fingerprint density at radius 2 is 1.72 bits per heavy atom. The minimum absolute atomic E-state index is 0.263. The fourth-order valence-electron chi connectivity index (χ4n) is 3.00. The van der Waals surface area contributed by atoms with Gasteiger partial charge in [0.2, 0.25) is 0 Å². The van der Waals surface area contributed by atoms with Gasteiger partial charge >= 0.3 is 5.63 Å². The minimum atomic E-state index is -0.666. The van der Waals surface area contributed by atoms with Gasteiger partial charge in [-0.2, -0.15) is 0 Å². The molecule has 0 unspecified atom stereocenters. The zero-order valence-electron chi connectivity index (χ0n) is 13.6. The van der Waals surface area contributed by atoms with Crippen LogP contribution in [-0.4, -0.2) is 25.8 Å². The summed E-state index contributed by atoms with van der Waals surface area (Å²) in [5.74, 6) is -1.27. The number of hydrogen-bond acceptors (Lipinski definition) is 5. The third kappa shape index (κ3) is 2.30. The van der Waals surface area contributed by atoms with Gasteiger partial charge in [-0.15, -0.1) is 0 Å². The number of carbonyl (C=O) groups excluding carboxylic acids is 2. The fraction of sp³-hybridized carbons (Fsp3) is 0.105. The molecular weight excluding hydrogens is 320 g/mol. The maximum absolute atomic E-state index is 12.4. The molecule has 0 saturated carbocycles. The maximum Gasteiger partial charge on any atom is 0.344 e. The second kappa shape index (κ2) is 5.31. The largest absolute Gasteiger partial charge is 0.422 e. The van der Waals surface area contributed by atoms with E-state index in [0.29, 0.717) is 28.1 Å². The molecule has 0 atom stereocenters. The molecule has 0 bridgehead atoms. The molecule has 0 spiro atoms. The summed E-state index contributed by atoms with van der Waals surface area (Å²) in [6, 6.07) is 12.3. The van der Waals surface area contributed by atoms with Crippen molar-refractivity contribution in [3.05, 3.63) is 58.4 Å². The lowest BCUT2D eigenvalue weighted by Gasteiger charge is -2.17. The first-order valence-corrected chi connectivity index (χ1v) is 7.70. The van der Waals surface area contributed by atoms with E-state index in [1.807, 2.05) is 12.1 Å². The van der Waals surface area contributed by atoms with Crippen molar-refractivity contribution in [3.63, 3.8) is 0 Å². The number of Topliss-reactive ketones (excluding diaryl/α,β-unsaturated/α-hetero) is 1. The first-order chi connectivity index (χ1) is 12.0. The van der Waals surface area contributed by atoms with Gasteiger partial charge in [-0.25, -0.2) is 4.79 Å². The first-order valence-electron chi connectivity index (χ1n) is 7.70. The zero-order valence-corrected chi connectivity index (χ0v) is 13.6. The van der Waals surface area contributed by atoms with Crippen molar-refractivity contribution >= 4 is 34.0 Å². The van der Waals surface area contributed by atoms with Crippen LogP contribution in [0.15, 0.2) is 51.7 Å². The highest BCUT2D eigenvalue weighted by atomic mass is 16.4. The highest BCUT2D eigenvalue weighted by Crippen LogP contribution is 2.37. The number of anilines is 2. The van der Waals surface area contributed by atoms with E-state index in [0.717, 1.165) is 5.39 Å². The van der Waals surface area contributed by atoms with E-state index in [2.05, 4.69) is 5.32 Å². The van der Waals surface area contributed by atoms with Crippen molar-refractivity contribution < 1.29 is 14.0 Å². The quantitative estimate of drug-likeness (QED) is 0.576. The van der Waals surface area contributed by atoms with Crippen molar-refractivity contribution in [1.82, 2.24) is 0 Å². The molecule has 0 aliphatic carbocycles. The van der Waals surface area contributed by atoms with Gasteiger partial charge in [0.15, 0.2) is 0 Å². The Labute approximate surface area is 142 Å². The number of nitrogens with zero attached hydrogens (tertiary/aromatic N) is 1. The van der Waals surface area contributed by atoms with Gasteiger partial charge < -0.3 is 14.6 Å². The monoisotopic (exact) mass is 334 g/mol. The van der Waals surface area contributed by atoms with E-state index in [-0.39, 0.29) is 5.56 Å². The lowest BCUT2D eigenvalue weighted by molar-refractivity contribution is -0.112. The van der Waals surface area contributed by atoms with Gasteiger partial charge in [-0.3, -0.25) is 9.59 Å². The molecule has 1 aromatic heterocycles. The maximum atomic E-state index is 12.4. The summed E-state index contributed by atoms with van der Waals surface area (Å²) in [6.07, 6.45) is 0. The van der Waals surface area contributed by atoms with Crippen LogP contribution in [0.1, 0.15) is 10.4 Å². The summed E-state index contributed by atoms with van der Waals surface area (Å²) in [7, 11) is 3.61. The predicted octanol–water partition coefficient (Wildman–Crippen LogP) is 2.66. The van der Waals surface area contributed by atoms with Crippen LogP contribution in [0.3, 0.4) is 0 Å². The predicted molar refractivity (Wildman–Crippen MR) is 95.2 cm³/mol. The average molecular weight is 334 g/mol. The van der Waals surface area contributed by atoms with Gasteiger partial charge in [0.25, 0.3) is 11.7 Å². The van der Waals surface area contributed by atoms with E-state index in [1.165, 1.54) is 0 Å². The van der Waals surface area contributed by atoms with Crippen molar-refractivity contribution in [3.8, 4) is 11.1 Å². The Morgan fingerprint density at radius 1 is 0.960 bits per heavy atom. The summed E-state index contributed by atoms with van der Waals surface area (Å²) in [4.78, 5) is 38.1. The Bertz CT molecular complexity index is 1110. The molecule has 0 saturated heterocycles. The smallest absolute Gasteiger partial charge is 0.344 e. The van der Waals surface area contributed by atoms with E-state index in [4.69, 9.17) is 4.42 Å². The average Bonchev–Trinajstić information content (AvgIpc) is 2.88. The van der Waals surface area contributed by atoms with Crippen LogP contribution in [0, 0.1) is 0 Å². The lowest BCUT2D eigenvalue weighted by atomic mass is 10.00. The van der Waals surface area contributed by atoms with Crippen LogP contribution in [0.25, 0.3) is 22.1 Å². The lowest BCUT2D eigenvalue weighted by Crippen LogP contribution is -2.14. The number of rotatable bonds is 2. The third-order valence-electron chi connectivity index (χ3n) is 4.24. The SMILES string of the molecule is CN(C)c1cc(-c2cc3ccccc3oc2=O)cc2c1NC(=O)C2=O. The molecule has 6 heteroatoms. The minimum Gasteiger partial charge on any atom is -0.422 e. The molecule has 1 aliphatic rings. The molecule has 0 fully saturated rings. The summed E-state index contributed by atoms with van der Waals surface area (Å²) in [5, 5.41) is 3.37. The fourth-order valence-corrected chi connectivity index (χ4v) is 3.00. The molecule has 6 nitrogen and oxygen atoms in total. The van der Waals surface area contributed by atoms with Crippen LogP contribution < -0.4 is 15.8 Å². The summed E-state index contributed by atoms with van der Waals surface area (Å²) in [5.41, 5.74) is 2.27. The standard InChI is InChI=1S/C19H14N2O4/c1-21(2)14-9-11(8-13-16(14)20-18(23)17(13)22)12-7-10-5-3-4-6-15(10)25-19(12)24/h3-9H,1-2H3,(H,20,22,23). The summed E-state index contributed by atoms with van der Waals surface area (Å²) >= 11 is 0. The highest BCUT2D eigenvalue weighted by molar-refractivity contribution is 6.52. The molecule has 2 aromatic carbocycles. The van der Waals surface area contributed by atoms with Crippen molar-refractivity contribution in [2.24, 2.45) is 0 Å². The number of hydrogen-bond donors (Lipinski definition) is 1. The van der Waals surface area contributed by atoms with E-state index in [1.54, 1.807) is 49.3 Å². The highest BCUT2D eigenvalue weighted by Gasteiger charge is 2.31. The number of amides is 1. The number of nitrogens with one attached hydrogen (secondary N) is 1. The van der Waals surface area contributed by atoms with E-state index < -0.39 is 17.3 Å². The summed E-state index contributed by atoms with van der Waals surface area (Å²) < 4.78 is 5.38. The Morgan fingerprint density at radius 3 is 2.48 bits per heavy atom. The number of fused-ring (bicyclic) bond motifs is 2. The van der Waals surface area contributed by atoms with Gasteiger partial charge in [0.1, 0.15) is 5.58 Å². The van der Waals surface area contributed by atoms with E-state index in [9.17, 15) is 14.4 Å². The van der Waals surface area contributed by atoms with Crippen molar-refractivity contribution in [2.75, 3.05) is 24.3 Å². The van der Waals surface area contributed by atoms with Crippen LogP contribution in [-0.2, 0) is 4.79 Å². The van der Waals surface area contributed by atoms with Gasteiger partial charge in [0, 0.05) is 19.5 Å². The number of para-hydroxylation sites is 1. The van der Waals surface area contributed by atoms with Crippen LogP contribution in [0.5, 0.6) is 0 Å². The second-order valence-electron chi connectivity index (χ2n) is 6.08. The molecule has 25 heavy (non-hydrogen) atoms. The van der Waals surface area contributed by atoms with Crippen molar-refractivity contribution in [2.45, 2.75) is 0 Å². The van der Waals surface area contributed by atoms with Gasteiger partial charge in [0.05, 0.1) is 22.5 Å². The van der Waals surface area contributed by atoms with E-state index >= 15 is 0 Å². The van der Waals surface area contributed by atoms with Gasteiger partial charge in [-0.1, -0.05) is 18.2 Å². The molecule has 1 aliphatic heterocycles. The molecule has 3 aromatic rings. The Hall–Kier alpha value is -3.41. The molecule has 1 N–H and O–H groups in total. The number of ketones is 1. The molecule has 0 radical (unpaired) electrons. The first kappa shape index (κ1) is 15.1. The molecular formula is C19H14N2O4. The molecule has 2 heterocycles. The second-order valence-corrected chi connectivity index (χ2v) is 6.08. The van der Waals surface area contributed by atoms with Gasteiger partial charge in [-0.05, 0) is 29.8 Å². The van der Waals surface area contributed by atoms with Crippen molar-refractivity contribution in [1.29, 1.82) is 0 Å². The van der Waals surface area contributed by atoms with Crippen LogP contribution in [0.4, 0.5) is 11.4 Å². The zero-order chi connectivity index (χ0) is 17.7. The Kier molecular flexibility index (Phi) is 3.21. The number of carbonyl (C=O) groups is 2. The topological polar surface area (TPSA) is 79.6 Å². The van der Waals surface area contributed by atoms with Crippen LogP contribution >= 0.6 is 0 Å². The van der Waals surface area contributed by atoms with Crippen LogP contribution in [0.2, 0.25) is 0 Å². The third-order valence-corrected chi connectivity index (χ3v) is 4.24. The molecule has 4 rings (SSSR count). The normalized spacial score (nSPS) is 13.0. The number of benzene rings is 2.